The molecule has 0 saturated heterocycles. The molecule has 4 heteroatoms. The van der Waals surface area contributed by atoms with Gasteiger partial charge in [0.2, 0.25) is 0 Å². The van der Waals surface area contributed by atoms with Crippen molar-refractivity contribution in [3.05, 3.63) is 29.2 Å². The summed E-state index contributed by atoms with van der Waals surface area (Å²) >= 11 is 0. The van der Waals surface area contributed by atoms with Crippen LogP contribution >= 0.6 is 0 Å². The third-order valence-corrected chi connectivity index (χ3v) is 2.00. The Balaban J connectivity index is 0.00000144. The van der Waals surface area contributed by atoms with Gasteiger partial charge in [0.1, 0.15) is 11.4 Å². The topological polar surface area (TPSA) is 33.9 Å². The highest BCUT2D eigenvalue weighted by Crippen LogP contribution is 2.12. The van der Waals surface area contributed by atoms with Gasteiger partial charge in [-0.3, -0.25) is 0 Å². The van der Waals surface area contributed by atoms with Crippen LogP contribution < -0.4 is 17.3 Å². The summed E-state index contributed by atoms with van der Waals surface area (Å²) in [6.45, 7) is 3.15. The summed E-state index contributed by atoms with van der Waals surface area (Å²) in [6.07, 6.45) is 0. The lowest BCUT2D eigenvalue weighted by Crippen LogP contribution is -3.03. The first-order valence-electron chi connectivity index (χ1n) is 4.04. The molecule has 1 N–H and O–H groups in total. The van der Waals surface area contributed by atoms with Crippen LogP contribution in [-0.2, 0) is 0 Å². The average molecular weight is 201 g/mol. The van der Waals surface area contributed by atoms with Gasteiger partial charge < -0.3 is 17.3 Å². The van der Waals surface area contributed by atoms with Gasteiger partial charge in [-0.05, 0) is 24.2 Å². The van der Waals surface area contributed by atoms with Gasteiger partial charge in [0, 0.05) is 12.1 Å². The van der Waals surface area contributed by atoms with E-state index < -0.39 is 0 Å². The van der Waals surface area contributed by atoms with E-state index in [1.54, 1.807) is 12.1 Å². The van der Waals surface area contributed by atoms with Gasteiger partial charge in [-0.25, -0.2) is 0 Å². The zero-order valence-electron chi connectivity index (χ0n) is 7.75. The zero-order valence-corrected chi connectivity index (χ0v) is 8.51. The molecule has 0 aliphatic carbocycles. The number of nitrogens with one attached hydrogen (secondary N) is 1. The van der Waals surface area contributed by atoms with Crippen molar-refractivity contribution in [2.75, 3.05) is 13.6 Å². The number of quaternary nitrogens is 1. The second-order valence-electron chi connectivity index (χ2n) is 2.77. The Morgan fingerprint density at radius 3 is 2.23 bits per heavy atom. The van der Waals surface area contributed by atoms with Crippen molar-refractivity contribution in [2.45, 2.75) is 6.92 Å². The average Bonchev–Trinajstić information content (AvgIpc) is 2.17. The fraction of sp³-hybridized carbons (Fsp3) is 0.333. The molecule has 0 aliphatic heterocycles. The van der Waals surface area contributed by atoms with Crippen LogP contribution in [0.3, 0.4) is 0 Å². The lowest BCUT2D eigenvalue weighted by molar-refractivity contribution is -0.807. The Kier molecular flexibility index (Phi) is 5.26. The van der Waals surface area contributed by atoms with E-state index in [9.17, 15) is 4.91 Å². The van der Waals surface area contributed by atoms with Crippen molar-refractivity contribution in [1.82, 2.24) is 0 Å². The van der Waals surface area contributed by atoms with Gasteiger partial charge in [-0.15, -0.1) is 4.91 Å². The molecule has 0 bridgehead atoms. The Morgan fingerprint density at radius 2 is 1.85 bits per heavy atom. The number of rotatable bonds is 3. The molecule has 1 atom stereocenters. The lowest BCUT2D eigenvalue weighted by Gasteiger charge is -2.09. The molecule has 0 radical (unpaired) electrons. The lowest BCUT2D eigenvalue weighted by atomic mass is 10.2. The molecule has 0 saturated carbocycles. The molecule has 0 fully saturated rings. The largest absolute Gasteiger partial charge is 1.00 e. The highest BCUT2D eigenvalue weighted by molar-refractivity contribution is 5.43. The van der Waals surface area contributed by atoms with E-state index in [-0.39, 0.29) is 12.4 Å². The molecule has 3 nitrogen and oxygen atoms in total. The van der Waals surface area contributed by atoms with Crippen molar-refractivity contribution < 1.29 is 17.3 Å². The minimum atomic E-state index is 0. The van der Waals surface area contributed by atoms with Crippen LogP contribution in [0.2, 0.25) is 0 Å². The summed E-state index contributed by atoms with van der Waals surface area (Å²) in [5.41, 5.74) is 1.67. The van der Waals surface area contributed by atoms with Gasteiger partial charge in [-0.2, -0.15) is 0 Å². The maximum absolute atomic E-state index is 10.1. The molecule has 1 aromatic rings. The molecule has 0 spiro atoms. The van der Waals surface area contributed by atoms with Gasteiger partial charge >= 0.3 is 0 Å². The van der Waals surface area contributed by atoms with E-state index in [1.807, 2.05) is 12.1 Å². The monoisotopic (exact) mass is 200 g/mol. The molecule has 1 aromatic carbocycles. The number of hydrogen-bond acceptors (Lipinski definition) is 2. The van der Waals surface area contributed by atoms with Gasteiger partial charge in [0.05, 0.1) is 13.6 Å². The van der Waals surface area contributed by atoms with Crippen molar-refractivity contribution in [3.8, 4) is 0 Å². The van der Waals surface area contributed by atoms with Crippen LogP contribution in [0.25, 0.3) is 0 Å². The second kappa shape index (κ2) is 5.67. The zero-order chi connectivity index (χ0) is 8.97. The quantitative estimate of drug-likeness (QED) is 0.578. The first-order valence-corrected chi connectivity index (χ1v) is 4.04. The molecule has 0 amide bonds. The first-order chi connectivity index (χ1) is 5.77. The summed E-state index contributed by atoms with van der Waals surface area (Å²) in [5, 5.41) is 2.84. The van der Waals surface area contributed by atoms with Crippen LogP contribution in [0.1, 0.15) is 6.92 Å². The minimum Gasteiger partial charge on any atom is -1.00 e. The molecular weight excluding hydrogens is 188 g/mol. The molecule has 72 valence electrons. The van der Waals surface area contributed by atoms with Crippen molar-refractivity contribution >= 4 is 11.4 Å². The number of halogens is 1. The van der Waals surface area contributed by atoms with E-state index in [2.05, 4.69) is 19.1 Å². The Bertz CT molecular complexity index is 261. The second-order valence-corrected chi connectivity index (χ2v) is 2.77. The summed E-state index contributed by atoms with van der Waals surface area (Å²) in [5.74, 6) is 0. The predicted molar refractivity (Wildman–Crippen MR) is 49.0 cm³/mol. The Hall–Kier alpha value is -0.930. The van der Waals surface area contributed by atoms with Gasteiger partial charge in [0.25, 0.3) is 0 Å². The molecule has 0 heterocycles. The van der Waals surface area contributed by atoms with E-state index in [1.165, 1.54) is 10.6 Å². The minimum absolute atomic E-state index is 0. The summed E-state index contributed by atoms with van der Waals surface area (Å²) in [6, 6.07) is 7.33. The maximum Gasteiger partial charge on any atom is 0.131 e. The highest BCUT2D eigenvalue weighted by Gasteiger charge is 2.02. The van der Waals surface area contributed by atoms with E-state index in [0.717, 1.165) is 6.54 Å². The summed E-state index contributed by atoms with van der Waals surface area (Å²) in [4.78, 5) is 11.4. The van der Waals surface area contributed by atoms with E-state index in [0.29, 0.717) is 5.69 Å². The number of nitroso groups, excluding NO2 is 1. The third kappa shape index (κ3) is 3.13. The van der Waals surface area contributed by atoms with Gasteiger partial charge in [0.15, 0.2) is 0 Å². The van der Waals surface area contributed by atoms with Crippen LogP contribution in [0.15, 0.2) is 29.4 Å². The van der Waals surface area contributed by atoms with Crippen LogP contribution in [0, 0.1) is 4.91 Å². The molecule has 1 unspecified atom stereocenters. The fourth-order valence-electron chi connectivity index (χ4n) is 1.01. The van der Waals surface area contributed by atoms with Crippen molar-refractivity contribution in [3.63, 3.8) is 0 Å². The smallest absolute Gasteiger partial charge is 0.131 e. The fourth-order valence-corrected chi connectivity index (χ4v) is 1.01. The molecule has 0 aliphatic rings. The third-order valence-electron chi connectivity index (χ3n) is 2.00. The molecular formula is C9H13ClN2O. The summed E-state index contributed by atoms with van der Waals surface area (Å²) < 4.78 is 0. The first kappa shape index (κ1) is 12.1. The predicted octanol–water partition coefficient (Wildman–Crippen LogP) is -1.75. The van der Waals surface area contributed by atoms with Crippen molar-refractivity contribution in [2.24, 2.45) is 5.18 Å². The Labute approximate surface area is 84.1 Å². The molecule has 1 rings (SSSR count). The highest BCUT2D eigenvalue weighted by atomic mass is 35.5. The van der Waals surface area contributed by atoms with Crippen LogP contribution in [-0.4, -0.2) is 13.6 Å². The maximum atomic E-state index is 10.1. The van der Waals surface area contributed by atoms with Crippen LogP contribution in [0.5, 0.6) is 0 Å². The van der Waals surface area contributed by atoms with Crippen LogP contribution in [0.4, 0.5) is 11.4 Å². The van der Waals surface area contributed by atoms with Crippen molar-refractivity contribution in [1.29, 1.82) is 0 Å². The van der Waals surface area contributed by atoms with Gasteiger partial charge in [-0.1, -0.05) is 0 Å². The Morgan fingerprint density at radius 1 is 1.31 bits per heavy atom. The summed E-state index contributed by atoms with van der Waals surface area (Å²) in [7, 11) is 2.09. The molecule has 13 heavy (non-hydrogen) atoms. The number of hydrogen-bond donors (Lipinski definition) is 1. The normalized spacial score (nSPS) is 11.5. The van der Waals surface area contributed by atoms with E-state index >= 15 is 0 Å². The SMILES string of the molecule is CC[NH+](C)c1ccc(N=O)cc1.[Cl-]. The number of benzene rings is 1. The number of nitrogens with zero attached hydrogens (tertiary/aromatic N) is 1. The molecule has 0 aromatic heterocycles. The van der Waals surface area contributed by atoms with E-state index in [4.69, 9.17) is 0 Å². The standard InChI is InChI=1S/C9H12N2O.ClH/c1-3-11(2)9-6-4-8(10-12)5-7-9;/h4-7H,3H2,1-2H3;1H.